The predicted octanol–water partition coefficient (Wildman–Crippen LogP) is 4.31. The molecule has 1 unspecified atom stereocenters. The van der Waals surface area contributed by atoms with Gasteiger partial charge in [-0.1, -0.05) is 44.4 Å². The molecule has 0 radical (unpaired) electrons. The van der Waals surface area contributed by atoms with Gasteiger partial charge < -0.3 is 5.73 Å². The van der Waals surface area contributed by atoms with Crippen LogP contribution in [0.3, 0.4) is 0 Å². The first kappa shape index (κ1) is 13.5. The normalized spacial score (nSPS) is 13.1. The van der Waals surface area contributed by atoms with E-state index < -0.39 is 0 Å². The van der Waals surface area contributed by atoms with E-state index in [2.05, 4.69) is 13.8 Å². The molecule has 0 amide bonds. The zero-order chi connectivity index (χ0) is 12.1. The van der Waals surface area contributed by atoms with Crippen LogP contribution in [-0.4, -0.2) is 0 Å². The Morgan fingerprint density at radius 2 is 1.94 bits per heavy atom. The maximum absolute atomic E-state index is 13.0. The first-order valence-electron chi connectivity index (χ1n) is 5.79. The molecule has 2 N–H and O–H groups in total. The highest BCUT2D eigenvalue weighted by Gasteiger charge is 2.13. The monoisotopic (exact) mass is 243 g/mol. The van der Waals surface area contributed by atoms with Crippen LogP contribution in [-0.2, 0) is 0 Å². The molecule has 0 saturated carbocycles. The largest absolute Gasteiger partial charge is 0.324 e. The highest BCUT2D eigenvalue weighted by molar-refractivity contribution is 6.30. The fraction of sp³-hybridized carbons (Fsp3) is 0.538. The van der Waals surface area contributed by atoms with Crippen LogP contribution in [0.25, 0.3) is 0 Å². The Balaban J connectivity index is 2.72. The molecule has 1 rings (SSSR count). The zero-order valence-corrected chi connectivity index (χ0v) is 10.6. The summed E-state index contributed by atoms with van der Waals surface area (Å²) in [5.41, 5.74) is 7.00. The summed E-state index contributed by atoms with van der Waals surface area (Å²) in [6.07, 6.45) is 3.17. The molecule has 0 aliphatic heterocycles. The minimum Gasteiger partial charge on any atom is -0.324 e. The second kappa shape index (κ2) is 6.21. The van der Waals surface area contributed by atoms with Gasteiger partial charge in [-0.25, -0.2) is 4.39 Å². The topological polar surface area (TPSA) is 26.0 Å². The first-order chi connectivity index (χ1) is 7.58. The van der Waals surface area contributed by atoms with Crippen LogP contribution in [0.2, 0.25) is 5.02 Å². The zero-order valence-electron chi connectivity index (χ0n) is 9.84. The Hall–Kier alpha value is -0.600. The van der Waals surface area contributed by atoms with Crippen molar-refractivity contribution >= 4 is 11.6 Å². The van der Waals surface area contributed by atoms with E-state index in [1.54, 1.807) is 12.1 Å². The van der Waals surface area contributed by atoms with Crippen molar-refractivity contribution in [2.75, 3.05) is 0 Å². The van der Waals surface area contributed by atoms with Crippen molar-refractivity contribution in [2.45, 2.75) is 39.2 Å². The second-order valence-corrected chi connectivity index (χ2v) is 4.61. The molecular formula is C13H19ClFN. The van der Waals surface area contributed by atoms with Crippen LogP contribution >= 0.6 is 11.6 Å². The van der Waals surface area contributed by atoms with Crippen LogP contribution < -0.4 is 5.73 Å². The van der Waals surface area contributed by atoms with Gasteiger partial charge in [0.1, 0.15) is 5.82 Å². The summed E-state index contributed by atoms with van der Waals surface area (Å²) in [4.78, 5) is 0. The number of benzene rings is 1. The Kier molecular flexibility index (Phi) is 5.23. The van der Waals surface area contributed by atoms with Crippen molar-refractivity contribution in [3.05, 3.63) is 34.6 Å². The van der Waals surface area contributed by atoms with E-state index in [0.29, 0.717) is 5.92 Å². The van der Waals surface area contributed by atoms with Gasteiger partial charge in [-0.2, -0.15) is 0 Å². The maximum atomic E-state index is 13.0. The van der Waals surface area contributed by atoms with E-state index in [-0.39, 0.29) is 16.9 Å². The van der Waals surface area contributed by atoms with Crippen LogP contribution in [0.5, 0.6) is 0 Å². The molecule has 3 heteroatoms. The second-order valence-electron chi connectivity index (χ2n) is 4.20. The van der Waals surface area contributed by atoms with Gasteiger partial charge in [0.15, 0.2) is 0 Å². The summed E-state index contributed by atoms with van der Waals surface area (Å²) < 4.78 is 13.0. The van der Waals surface area contributed by atoms with Crippen molar-refractivity contribution in [2.24, 2.45) is 11.7 Å². The summed E-state index contributed by atoms with van der Waals surface area (Å²) in [5, 5.41) is 0.150. The highest BCUT2D eigenvalue weighted by Crippen LogP contribution is 2.26. The van der Waals surface area contributed by atoms with Gasteiger partial charge >= 0.3 is 0 Å². The van der Waals surface area contributed by atoms with Crippen LogP contribution in [0.4, 0.5) is 4.39 Å². The van der Waals surface area contributed by atoms with Gasteiger partial charge in [0, 0.05) is 6.04 Å². The van der Waals surface area contributed by atoms with E-state index in [1.807, 2.05) is 0 Å². The van der Waals surface area contributed by atoms with Crippen molar-refractivity contribution in [3.8, 4) is 0 Å². The minimum absolute atomic E-state index is 0.0528. The fourth-order valence-electron chi connectivity index (χ4n) is 1.86. The lowest BCUT2D eigenvalue weighted by molar-refractivity contribution is 0.414. The molecular weight excluding hydrogens is 225 g/mol. The number of nitrogens with two attached hydrogens (primary N) is 1. The van der Waals surface area contributed by atoms with Crippen molar-refractivity contribution < 1.29 is 4.39 Å². The molecule has 1 atom stereocenters. The van der Waals surface area contributed by atoms with Gasteiger partial charge in [-0.3, -0.25) is 0 Å². The maximum Gasteiger partial charge on any atom is 0.141 e. The third-order valence-corrected chi connectivity index (χ3v) is 3.40. The molecule has 1 aromatic carbocycles. The summed E-state index contributed by atoms with van der Waals surface area (Å²) in [5.74, 6) is 0.235. The SMILES string of the molecule is CCC(CC)CC(N)c1ccc(F)c(Cl)c1. The van der Waals surface area contributed by atoms with E-state index in [1.165, 1.54) is 6.07 Å². The van der Waals surface area contributed by atoms with Gasteiger partial charge in [-0.15, -0.1) is 0 Å². The van der Waals surface area contributed by atoms with Crippen molar-refractivity contribution in [3.63, 3.8) is 0 Å². The Morgan fingerprint density at radius 3 is 2.44 bits per heavy atom. The molecule has 0 heterocycles. The molecule has 0 aliphatic carbocycles. The van der Waals surface area contributed by atoms with E-state index >= 15 is 0 Å². The summed E-state index contributed by atoms with van der Waals surface area (Å²) in [6.45, 7) is 4.33. The van der Waals surface area contributed by atoms with E-state index in [0.717, 1.165) is 24.8 Å². The number of halogens is 2. The van der Waals surface area contributed by atoms with Crippen molar-refractivity contribution in [1.82, 2.24) is 0 Å². The smallest absolute Gasteiger partial charge is 0.141 e. The van der Waals surface area contributed by atoms with Gasteiger partial charge in [0.25, 0.3) is 0 Å². The molecule has 0 bridgehead atoms. The average Bonchev–Trinajstić information content (AvgIpc) is 2.29. The first-order valence-corrected chi connectivity index (χ1v) is 6.16. The molecule has 0 spiro atoms. The Labute approximate surface area is 102 Å². The molecule has 1 aromatic rings. The molecule has 0 saturated heterocycles. The molecule has 90 valence electrons. The van der Waals surface area contributed by atoms with Gasteiger partial charge in [0.05, 0.1) is 5.02 Å². The quantitative estimate of drug-likeness (QED) is 0.820. The lowest BCUT2D eigenvalue weighted by Gasteiger charge is -2.18. The van der Waals surface area contributed by atoms with Gasteiger partial charge in [0.2, 0.25) is 0 Å². The van der Waals surface area contributed by atoms with Crippen LogP contribution in [0, 0.1) is 11.7 Å². The number of hydrogen-bond acceptors (Lipinski definition) is 1. The molecule has 0 aromatic heterocycles. The third-order valence-electron chi connectivity index (χ3n) is 3.11. The van der Waals surface area contributed by atoms with E-state index in [9.17, 15) is 4.39 Å². The van der Waals surface area contributed by atoms with E-state index in [4.69, 9.17) is 17.3 Å². The van der Waals surface area contributed by atoms with Gasteiger partial charge in [-0.05, 0) is 30.0 Å². The Morgan fingerprint density at radius 1 is 1.31 bits per heavy atom. The summed E-state index contributed by atoms with van der Waals surface area (Å²) >= 11 is 5.73. The number of hydrogen-bond donors (Lipinski definition) is 1. The Bertz CT molecular complexity index is 337. The molecule has 0 fully saturated rings. The number of rotatable bonds is 5. The molecule has 0 aliphatic rings. The van der Waals surface area contributed by atoms with Crippen LogP contribution in [0.1, 0.15) is 44.7 Å². The minimum atomic E-state index is -0.389. The summed E-state index contributed by atoms with van der Waals surface area (Å²) in [7, 11) is 0. The van der Waals surface area contributed by atoms with Crippen molar-refractivity contribution in [1.29, 1.82) is 0 Å². The lowest BCUT2D eigenvalue weighted by Crippen LogP contribution is -2.15. The standard InChI is InChI=1S/C13H19ClFN/c1-3-9(4-2)7-13(16)10-5-6-12(15)11(14)8-10/h5-6,8-9,13H,3-4,7,16H2,1-2H3. The summed E-state index contributed by atoms with van der Waals surface area (Å²) in [6, 6.07) is 4.67. The predicted molar refractivity (Wildman–Crippen MR) is 67.0 cm³/mol. The highest BCUT2D eigenvalue weighted by atomic mass is 35.5. The average molecular weight is 244 g/mol. The van der Waals surface area contributed by atoms with Crippen LogP contribution in [0.15, 0.2) is 18.2 Å². The fourth-order valence-corrected chi connectivity index (χ4v) is 2.05. The molecule has 16 heavy (non-hydrogen) atoms. The third kappa shape index (κ3) is 3.46. The lowest BCUT2D eigenvalue weighted by atomic mass is 9.92. The molecule has 1 nitrogen and oxygen atoms in total.